The molecular formula is C13H23NO. The van der Waals surface area contributed by atoms with Gasteiger partial charge in [0.1, 0.15) is 0 Å². The van der Waals surface area contributed by atoms with Gasteiger partial charge >= 0.3 is 0 Å². The van der Waals surface area contributed by atoms with E-state index in [1.165, 1.54) is 25.7 Å². The van der Waals surface area contributed by atoms with Gasteiger partial charge in [-0.25, -0.2) is 0 Å². The van der Waals surface area contributed by atoms with Crippen LogP contribution in [0.5, 0.6) is 0 Å². The minimum absolute atomic E-state index is 0.0121. The number of amides is 1. The lowest BCUT2D eigenvalue weighted by Crippen LogP contribution is -2.50. The fraction of sp³-hybridized carbons (Fsp3) is 0.923. The highest BCUT2D eigenvalue weighted by Crippen LogP contribution is 2.55. The second kappa shape index (κ2) is 2.99. The summed E-state index contributed by atoms with van der Waals surface area (Å²) in [5.74, 6) is 0.248. The number of carbonyl (C=O) groups excluding carboxylic acids is 1. The van der Waals surface area contributed by atoms with Crippen LogP contribution in [0.25, 0.3) is 0 Å². The van der Waals surface area contributed by atoms with Crippen LogP contribution in [0, 0.1) is 10.8 Å². The lowest BCUT2D eigenvalue weighted by molar-refractivity contribution is -0.120. The van der Waals surface area contributed by atoms with Gasteiger partial charge in [-0.1, -0.05) is 20.3 Å². The Morgan fingerprint density at radius 2 is 1.80 bits per heavy atom. The zero-order valence-corrected chi connectivity index (χ0v) is 10.4. The summed E-state index contributed by atoms with van der Waals surface area (Å²) < 4.78 is 0. The first-order valence-electron chi connectivity index (χ1n) is 6.08. The molecule has 1 spiro atoms. The minimum Gasteiger partial charge on any atom is -0.351 e. The molecular weight excluding hydrogens is 186 g/mol. The molecule has 1 N–H and O–H groups in total. The van der Waals surface area contributed by atoms with E-state index in [1.807, 2.05) is 0 Å². The third-order valence-electron chi connectivity index (χ3n) is 4.60. The molecule has 0 radical (unpaired) electrons. The van der Waals surface area contributed by atoms with Gasteiger partial charge in [0.2, 0.25) is 5.91 Å². The van der Waals surface area contributed by atoms with Gasteiger partial charge < -0.3 is 5.32 Å². The molecule has 1 heterocycles. The molecule has 0 aromatic carbocycles. The molecule has 2 nitrogen and oxygen atoms in total. The fourth-order valence-electron chi connectivity index (χ4n) is 3.74. The molecule has 15 heavy (non-hydrogen) atoms. The van der Waals surface area contributed by atoms with Gasteiger partial charge in [-0.15, -0.1) is 0 Å². The van der Waals surface area contributed by atoms with Crippen molar-refractivity contribution >= 4 is 5.91 Å². The van der Waals surface area contributed by atoms with Gasteiger partial charge in [0.15, 0.2) is 0 Å². The molecule has 2 aliphatic rings. The summed E-state index contributed by atoms with van der Waals surface area (Å²) in [7, 11) is 0. The Labute approximate surface area is 92.8 Å². The molecule has 1 unspecified atom stereocenters. The second-order valence-corrected chi connectivity index (χ2v) is 6.82. The van der Waals surface area contributed by atoms with E-state index in [9.17, 15) is 4.79 Å². The number of hydrogen-bond donors (Lipinski definition) is 1. The van der Waals surface area contributed by atoms with Crippen molar-refractivity contribution in [3.63, 3.8) is 0 Å². The molecule has 1 saturated heterocycles. The molecule has 2 fully saturated rings. The van der Waals surface area contributed by atoms with Crippen LogP contribution < -0.4 is 5.32 Å². The molecule has 1 aliphatic carbocycles. The summed E-state index contributed by atoms with van der Waals surface area (Å²) in [5.41, 5.74) is 0.607. The van der Waals surface area contributed by atoms with E-state index < -0.39 is 0 Å². The lowest BCUT2D eigenvalue weighted by atomic mass is 9.57. The van der Waals surface area contributed by atoms with Gasteiger partial charge in [0, 0.05) is 17.4 Å². The Morgan fingerprint density at radius 3 is 2.27 bits per heavy atom. The van der Waals surface area contributed by atoms with E-state index in [1.54, 1.807) is 0 Å². The Balaban J connectivity index is 2.29. The van der Waals surface area contributed by atoms with E-state index in [0.29, 0.717) is 5.41 Å². The normalized spacial score (nSPS) is 38.0. The summed E-state index contributed by atoms with van der Waals surface area (Å²) in [6.07, 6.45) is 5.71. The zero-order chi connectivity index (χ0) is 11.3. The molecule has 1 atom stereocenters. The molecule has 1 amide bonds. The van der Waals surface area contributed by atoms with E-state index in [4.69, 9.17) is 0 Å². The predicted molar refractivity (Wildman–Crippen MR) is 61.5 cm³/mol. The Hall–Kier alpha value is -0.530. The van der Waals surface area contributed by atoms with Crippen molar-refractivity contribution in [2.24, 2.45) is 10.8 Å². The summed E-state index contributed by atoms with van der Waals surface area (Å²) in [5, 5.41) is 3.15. The topological polar surface area (TPSA) is 29.1 Å². The first-order valence-corrected chi connectivity index (χ1v) is 6.08. The lowest BCUT2D eigenvalue weighted by Gasteiger charge is -2.49. The van der Waals surface area contributed by atoms with Gasteiger partial charge in [-0.2, -0.15) is 0 Å². The first-order chi connectivity index (χ1) is 6.77. The van der Waals surface area contributed by atoms with Crippen LogP contribution in [0.2, 0.25) is 0 Å². The van der Waals surface area contributed by atoms with Crippen LogP contribution in [0.4, 0.5) is 0 Å². The molecule has 1 aliphatic heterocycles. The molecule has 0 bridgehead atoms. The van der Waals surface area contributed by atoms with Crippen LogP contribution in [0.1, 0.15) is 59.8 Å². The van der Waals surface area contributed by atoms with Crippen molar-refractivity contribution in [3.05, 3.63) is 0 Å². The van der Waals surface area contributed by atoms with E-state index >= 15 is 0 Å². The van der Waals surface area contributed by atoms with Crippen LogP contribution in [-0.4, -0.2) is 11.4 Å². The first kappa shape index (κ1) is 11.0. The number of rotatable bonds is 0. The monoisotopic (exact) mass is 209 g/mol. The number of carbonyl (C=O) groups is 1. The number of hydrogen-bond acceptors (Lipinski definition) is 1. The largest absolute Gasteiger partial charge is 0.351 e. The molecule has 86 valence electrons. The van der Waals surface area contributed by atoms with Crippen LogP contribution >= 0.6 is 0 Å². The Kier molecular flexibility index (Phi) is 2.19. The number of nitrogens with one attached hydrogen (secondary N) is 1. The second-order valence-electron chi connectivity index (χ2n) is 6.82. The Bertz CT molecular complexity index is 293. The van der Waals surface area contributed by atoms with Crippen molar-refractivity contribution in [2.75, 3.05) is 0 Å². The molecule has 2 rings (SSSR count). The van der Waals surface area contributed by atoms with E-state index in [2.05, 4.69) is 33.0 Å². The molecule has 2 heteroatoms. The van der Waals surface area contributed by atoms with Crippen molar-refractivity contribution in [3.8, 4) is 0 Å². The van der Waals surface area contributed by atoms with Crippen molar-refractivity contribution in [1.29, 1.82) is 0 Å². The predicted octanol–water partition coefficient (Wildman–Crippen LogP) is 2.87. The van der Waals surface area contributed by atoms with E-state index in [0.717, 1.165) is 6.42 Å². The van der Waals surface area contributed by atoms with Gasteiger partial charge in [0.05, 0.1) is 0 Å². The maximum atomic E-state index is 11.6. The third-order valence-corrected chi connectivity index (χ3v) is 4.60. The zero-order valence-electron chi connectivity index (χ0n) is 10.4. The fourth-order valence-corrected chi connectivity index (χ4v) is 3.74. The van der Waals surface area contributed by atoms with Crippen LogP contribution in [-0.2, 0) is 4.79 Å². The molecule has 1 saturated carbocycles. The Morgan fingerprint density at radius 1 is 1.13 bits per heavy atom. The van der Waals surface area contributed by atoms with Crippen molar-refractivity contribution in [1.82, 2.24) is 5.32 Å². The smallest absolute Gasteiger partial charge is 0.221 e. The molecule has 0 aromatic heterocycles. The summed E-state index contributed by atoms with van der Waals surface area (Å²) >= 11 is 0. The summed E-state index contributed by atoms with van der Waals surface area (Å²) in [6.45, 7) is 9.07. The highest BCUT2D eigenvalue weighted by Gasteiger charge is 2.55. The van der Waals surface area contributed by atoms with E-state index in [-0.39, 0.29) is 16.9 Å². The maximum absolute atomic E-state index is 11.6. The average molecular weight is 209 g/mol. The average Bonchev–Trinajstić information content (AvgIpc) is 2.18. The highest BCUT2D eigenvalue weighted by molar-refractivity contribution is 5.81. The summed E-state index contributed by atoms with van der Waals surface area (Å²) in [6, 6.07) is 0. The minimum atomic E-state index is -0.0121. The van der Waals surface area contributed by atoms with Crippen molar-refractivity contribution < 1.29 is 4.79 Å². The quantitative estimate of drug-likeness (QED) is 0.653. The van der Waals surface area contributed by atoms with Crippen LogP contribution in [0.15, 0.2) is 0 Å². The van der Waals surface area contributed by atoms with Gasteiger partial charge in [0.25, 0.3) is 0 Å². The van der Waals surface area contributed by atoms with Gasteiger partial charge in [-0.3, -0.25) is 4.79 Å². The van der Waals surface area contributed by atoms with Crippen molar-refractivity contribution in [2.45, 2.75) is 65.3 Å². The standard InChI is InChI=1S/C13H23NO/c1-11(2)6-5-7-13(9-11)8-10(15)14-12(13,3)4/h5-9H2,1-4H3,(H,14,15). The maximum Gasteiger partial charge on any atom is 0.221 e. The van der Waals surface area contributed by atoms with Crippen LogP contribution in [0.3, 0.4) is 0 Å². The highest BCUT2D eigenvalue weighted by atomic mass is 16.2. The van der Waals surface area contributed by atoms with Gasteiger partial charge in [-0.05, 0) is 38.5 Å². The molecule has 0 aromatic rings. The third kappa shape index (κ3) is 1.68. The SMILES string of the molecule is CC1(C)CCCC2(CC(=O)NC2(C)C)C1. The summed E-state index contributed by atoms with van der Waals surface area (Å²) in [4.78, 5) is 11.6.